The standard InChI is InChI=1S/C22H29N7O/c30-14-18-9-5-11-28(18)22-26-20(24-13-16-6-4-10-23-12-16)19-21(27-22)29(15-25-19)17-7-2-1-3-8-17/h4,6,10,12,15,17-18,30H,1-3,5,7-9,11,13-14H2,(H,24,26,27). The summed E-state index contributed by atoms with van der Waals surface area (Å²) in [5.74, 6) is 1.43. The minimum absolute atomic E-state index is 0.0830. The first kappa shape index (κ1) is 19.2. The molecule has 158 valence electrons. The van der Waals surface area contributed by atoms with Crippen LogP contribution in [0.25, 0.3) is 11.2 Å². The molecule has 2 aliphatic rings. The Hall–Kier alpha value is -2.74. The number of aromatic nitrogens is 5. The number of hydrogen-bond donors (Lipinski definition) is 2. The zero-order valence-corrected chi connectivity index (χ0v) is 17.2. The Morgan fingerprint density at radius 3 is 2.80 bits per heavy atom. The van der Waals surface area contributed by atoms with Gasteiger partial charge in [0.1, 0.15) is 0 Å². The maximum atomic E-state index is 9.81. The minimum atomic E-state index is 0.0830. The van der Waals surface area contributed by atoms with E-state index in [-0.39, 0.29) is 12.6 Å². The SMILES string of the molecule is OCC1CCCN1c1nc(NCc2cccnc2)c2ncn(C3CCCCC3)c2n1. The van der Waals surface area contributed by atoms with Crippen molar-refractivity contribution in [3.8, 4) is 0 Å². The van der Waals surface area contributed by atoms with Gasteiger partial charge < -0.3 is 19.9 Å². The lowest BCUT2D eigenvalue weighted by molar-refractivity contribution is 0.265. The van der Waals surface area contributed by atoms with Crippen LogP contribution in [-0.4, -0.2) is 48.8 Å². The molecule has 1 unspecified atom stereocenters. The van der Waals surface area contributed by atoms with E-state index in [1.54, 1.807) is 6.20 Å². The van der Waals surface area contributed by atoms with E-state index in [0.29, 0.717) is 18.5 Å². The number of hydrogen-bond acceptors (Lipinski definition) is 7. The monoisotopic (exact) mass is 407 g/mol. The Kier molecular flexibility index (Phi) is 5.48. The molecular weight excluding hydrogens is 378 g/mol. The molecule has 1 atom stereocenters. The van der Waals surface area contributed by atoms with E-state index in [2.05, 4.69) is 19.8 Å². The van der Waals surface area contributed by atoms with Gasteiger partial charge in [0.2, 0.25) is 5.95 Å². The van der Waals surface area contributed by atoms with Crippen LogP contribution >= 0.6 is 0 Å². The first-order valence-electron chi connectivity index (χ1n) is 11.1. The van der Waals surface area contributed by atoms with Crippen molar-refractivity contribution >= 4 is 22.9 Å². The van der Waals surface area contributed by atoms with Gasteiger partial charge >= 0.3 is 0 Å². The molecule has 1 aliphatic heterocycles. The summed E-state index contributed by atoms with van der Waals surface area (Å²) in [7, 11) is 0. The Balaban J connectivity index is 1.53. The van der Waals surface area contributed by atoms with Gasteiger partial charge in [0.15, 0.2) is 17.0 Å². The molecule has 1 aliphatic carbocycles. The summed E-state index contributed by atoms with van der Waals surface area (Å²) in [6, 6.07) is 4.51. The Labute approximate surface area is 176 Å². The number of aliphatic hydroxyl groups excluding tert-OH is 1. The number of fused-ring (bicyclic) bond motifs is 1. The normalized spacial score (nSPS) is 20.2. The van der Waals surface area contributed by atoms with E-state index in [1.807, 2.05) is 24.7 Å². The summed E-state index contributed by atoms with van der Waals surface area (Å²) in [5, 5.41) is 13.3. The predicted molar refractivity (Wildman–Crippen MR) is 116 cm³/mol. The van der Waals surface area contributed by atoms with Gasteiger partial charge in [-0.1, -0.05) is 25.3 Å². The van der Waals surface area contributed by atoms with Crippen molar-refractivity contribution in [2.45, 2.75) is 63.6 Å². The molecule has 30 heavy (non-hydrogen) atoms. The molecule has 3 aromatic rings. The average molecular weight is 408 g/mol. The highest BCUT2D eigenvalue weighted by molar-refractivity contribution is 5.84. The second kappa shape index (κ2) is 8.55. The maximum absolute atomic E-state index is 9.81. The second-order valence-corrected chi connectivity index (χ2v) is 8.37. The van der Waals surface area contributed by atoms with Gasteiger partial charge in [-0.2, -0.15) is 9.97 Å². The topological polar surface area (TPSA) is 92.0 Å². The van der Waals surface area contributed by atoms with E-state index in [4.69, 9.17) is 15.0 Å². The zero-order valence-electron chi connectivity index (χ0n) is 17.2. The van der Waals surface area contributed by atoms with Crippen molar-refractivity contribution in [1.82, 2.24) is 24.5 Å². The lowest BCUT2D eigenvalue weighted by Crippen LogP contribution is -2.33. The van der Waals surface area contributed by atoms with Crippen molar-refractivity contribution in [2.75, 3.05) is 23.4 Å². The Bertz CT molecular complexity index is 984. The third kappa shape index (κ3) is 3.71. The Morgan fingerprint density at radius 1 is 1.10 bits per heavy atom. The van der Waals surface area contributed by atoms with Crippen LogP contribution in [0.3, 0.4) is 0 Å². The molecule has 1 saturated carbocycles. The fourth-order valence-corrected chi connectivity index (χ4v) is 4.76. The fourth-order valence-electron chi connectivity index (χ4n) is 4.76. The molecule has 4 heterocycles. The molecule has 8 nitrogen and oxygen atoms in total. The highest BCUT2D eigenvalue weighted by Gasteiger charge is 2.28. The van der Waals surface area contributed by atoms with E-state index in [1.165, 1.54) is 32.1 Å². The van der Waals surface area contributed by atoms with Crippen molar-refractivity contribution in [3.05, 3.63) is 36.4 Å². The molecule has 0 radical (unpaired) electrons. The number of aliphatic hydroxyl groups is 1. The molecule has 5 rings (SSSR count). The quantitative estimate of drug-likeness (QED) is 0.648. The smallest absolute Gasteiger partial charge is 0.229 e. The molecule has 0 amide bonds. The molecule has 3 aromatic heterocycles. The first-order valence-corrected chi connectivity index (χ1v) is 11.1. The lowest BCUT2D eigenvalue weighted by Gasteiger charge is -2.25. The molecular formula is C22H29N7O. The third-order valence-electron chi connectivity index (χ3n) is 6.41. The van der Waals surface area contributed by atoms with Gasteiger partial charge in [0.25, 0.3) is 0 Å². The van der Waals surface area contributed by atoms with Crippen LogP contribution in [0.5, 0.6) is 0 Å². The predicted octanol–water partition coefficient (Wildman–Crippen LogP) is 3.30. The van der Waals surface area contributed by atoms with Crippen molar-refractivity contribution in [1.29, 1.82) is 0 Å². The van der Waals surface area contributed by atoms with Gasteiger partial charge in [0.05, 0.1) is 19.0 Å². The highest BCUT2D eigenvalue weighted by Crippen LogP contribution is 2.33. The number of imidazole rings is 1. The third-order valence-corrected chi connectivity index (χ3v) is 6.41. The summed E-state index contributed by atoms with van der Waals surface area (Å²) >= 11 is 0. The summed E-state index contributed by atoms with van der Waals surface area (Å²) in [4.78, 5) is 20.9. The molecule has 8 heteroatoms. The number of nitrogens with zero attached hydrogens (tertiary/aromatic N) is 6. The van der Waals surface area contributed by atoms with Crippen LogP contribution in [0.15, 0.2) is 30.9 Å². The van der Waals surface area contributed by atoms with E-state index in [9.17, 15) is 5.11 Å². The van der Waals surface area contributed by atoms with E-state index in [0.717, 1.165) is 41.9 Å². The van der Waals surface area contributed by atoms with Gasteiger partial charge in [-0.15, -0.1) is 0 Å². The maximum Gasteiger partial charge on any atom is 0.229 e. The summed E-state index contributed by atoms with van der Waals surface area (Å²) in [5.41, 5.74) is 2.80. The fraction of sp³-hybridized carbons (Fsp3) is 0.545. The Morgan fingerprint density at radius 2 is 2.00 bits per heavy atom. The highest BCUT2D eigenvalue weighted by atomic mass is 16.3. The number of rotatable bonds is 6. The van der Waals surface area contributed by atoms with Gasteiger partial charge in [-0.25, -0.2) is 4.98 Å². The van der Waals surface area contributed by atoms with Crippen LogP contribution in [0.4, 0.5) is 11.8 Å². The largest absolute Gasteiger partial charge is 0.394 e. The minimum Gasteiger partial charge on any atom is -0.394 e. The summed E-state index contributed by atoms with van der Waals surface area (Å²) in [6.45, 7) is 1.62. The van der Waals surface area contributed by atoms with Crippen molar-refractivity contribution < 1.29 is 5.11 Å². The molecule has 0 spiro atoms. The van der Waals surface area contributed by atoms with E-state index >= 15 is 0 Å². The number of nitrogens with one attached hydrogen (secondary N) is 1. The lowest BCUT2D eigenvalue weighted by atomic mass is 9.95. The molecule has 1 saturated heterocycles. The number of anilines is 2. The molecule has 0 bridgehead atoms. The molecule has 2 N–H and O–H groups in total. The van der Waals surface area contributed by atoms with Crippen LogP contribution in [0.2, 0.25) is 0 Å². The van der Waals surface area contributed by atoms with Gasteiger partial charge in [-0.05, 0) is 37.3 Å². The first-order chi connectivity index (χ1) is 14.8. The van der Waals surface area contributed by atoms with Crippen LogP contribution in [0, 0.1) is 0 Å². The van der Waals surface area contributed by atoms with Gasteiger partial charge in [0, 0.05) is 31.5 Å². The van der Waals surface area contributed by atoms with E-state index < -0.39 is 0 Å². The number of pyridine rings is 1. The second-order valence-electron chi connectivity index (χ2n) is 8.37. The summed E-state index contributed by atoms with van der Waals surface area (Å²) in [6.07, 6.45) is 13.8. The van der Waals surface area contributed by atoms with Crippen molar-refractivity contribution in [3.63, 3.8) is 0 Å². The van der Waals surface area contributed by atoms with Crippen LogP contribution in [-0.2, 0) is 6.54 Å². The summed E-state index contributed by atoms with van der Waals surface area (Å²) < 4.78 is 2.25. The zero-order chi connectivity index (χ0) is 20.3. The van der Waals surface area contributed by atoms with Crippen LogP contribution in [0.1, 0.15) is 56.6 Å². The molecule has 0 aromatic carbocycles. The molecule has 2 fully saturated rings. The van der Waals surface area contributed by atoms with Crippen LogP contribution < -0.4 is 10.2 Å². The average Bonchev–Trinajstić information content (AvgIpc) is 3.45. The van der Waals surface area contributed by atoms with Gasteiger partial charge in [-0.3, -0.25) is 4.98 Å². The van der Waals surface area contributed by atoms with Crippen molar-refractivity contribution in [2.24, 2.45) is 0 Å².